The predicted molar refractivity (Wildman–Crippen MR) is 71.4 cm³/mol. The molecule has 94 valence electrons. The second kappa shape index (κ2) is 6.65. The lowest BCUT2D eigenvalue weighted by atomic mass is 9.76. The van der Waals surface area contributed by atoms with Crippen molar-refractivity contribution in [3.05, 3.63) is 0 Å². The van der Waals surface area contributed by atoms with Crippen LogP contribution in [0.4, 0.5) is 0 Å². The van der Waals surface area contributed by atoms with Crippen molar-refractivity contribution in [3.8, 4) is 0 Å². The molecule has 0 aliphatic heterocycles. The van der Waals surface area contributed by atoms with Gasteiger partial charge in [-0.05, 0) is 44.4 Å². The highest BCUT2D eigenvalue weighted by Gasteiger charge is 2.27. The Kier molecular flexibility index (Phi) is 5.84. The SMILES string of the molecule is CC(N)SCC(=O)C1CCC(C(C)C)CC1. The summed E-state index contributed by atoms with van der Waals surface area (Å²) >= 11 is 1.57. The minimum atomic E-state index is 0.0796. The van der Waals surface area contributed by atoms with Crippen LogP contribution in [-0.2, 0) is 4.79 Å². The second-order valence-electron chi connectivity index (χ2n) is 5.34. The average molecular weight is 243 g/mol. The first kappa shape index (κ1) is 14.0. The number of hydrogen-bond acceptors (Lipinski definition) is 3. The van der Waals surface area contributed by atoms with E-state index in [1.807, 2.05) is 6.92 Å². The molecule has 1 saturated carbocycles. The van der Waals surface area contributed by atoms with E-state index < -0.39 is 0 Å². The molecule has 2 nitrogen and oxygen atoms in total. The van der Waals surface area contributed by atoms with Gasteiger partial charge in [0, 0.05) is 11.3 Å². The summed E-state index contributed by atoms with van der Waals surface area (Å²) in [6.07, 6.45) is 4.66. The summed E-state index contributed by atoms with van der Waals surface area (Å²) in [7, 11) is 0. The molecule has 1 rings (SSSR count). The summed E-state index contributed by atoms with van der Waals surface area (Å²) < 4.78 is 0. The summed E-state index contributed by atoms with van der Waals surface area (Å²) in [5.41, 5.74) is 5.64. The monoisotopic (exact) mass is 243 g/mol. The number of ketones is 1. The Morgan fingerprint density at radius 1 is 1.25 bits per heavy atom. The van der Waals surface area contributed by atoms with E-state index in [1.165, 1.54) is 12.8 Å². The Hall–Kier alpha value is -0.0200. The van der Waals surface area contributed by atoms with Gasteiger partial charge in [0.05, 0.1) is 5.75 Å². The van der Waals surface area contributed by atoms with Crippen molar-refractivity contribution in [3.63, 3.8) is 0 Å². The van der Waals surface area contributed by atoms with Crippen LogP contribution >= 0.6 is 11.8 Å². The highest BCUT2D eigenvalue weighted by molar-refractivity contribution is 8.00. The van der Waals surface area contributed by atoms with E-state index in [1.54, 1.807) is 11.8 Å². The smallest absolute Gasteiger partial charge is 0.145 e. The molecule has 0 aromatic heterocycles. The van der Waals surface area contributed by atoms with Crippen LogP contribution in [0.5, 0.6) is 0 Å². The fraction of sp³-hybridized carbons (Fsp3) is 0.923. The first-order valence-electron chi connectivity index (χ1n) is 6.40. The number of nitrogens with two attached hydrogens (primary N) is 1. The Balaban J connectivity index is 2.27. The molecule has 0 saturated heterocycles. The van der Waals surface area contributed by atoms with Gasteiger partial charge in [0.25, 0.3) is 0 Å². The van der Waals surface area contributed by atoms with Crippen molar-refractivity contribution in [2.24, 2.45) is 23.5 Å². The van der Waals surface area contributed by atoms with Crippen LogP contribution in [0.1, 0.15) is 46.5 Å². The lowest BCUT2D eigenvalue weighted by Gasteiger charge is -2.30. The van der Waals surface area contributed by atoms with E-state index in [2.05, 4.69) is 13.8 Å². The molecule has 0 radical (unpaired) electrons. The van der Waals surface area contributed by atoms with Gasteiger partial charge in [-0.2, -0.15) is 0 Å². The van der Waals surface area contributed by atoms with E-state index in [-0.39, 0.29) is 5.37 Å². The van der Waals surface area contributed by atoms with Gasteiger partial charge in [-0.25, -0.2) is 0 Å². The first-order valence-corrected chi connectivity index (χ1v) is 7.45. The van der Waals surface area contributed by atoms with Gasteiger partial charge < -0.3 is 5.73 Å². The zero-order chi connectivity index (χ0) is 12.1. The van der Waals surface area contributed by atoms with Crippen LogP contribution < -0.4 is 5.73 Å². The van der Waals surface area contributed by atoms with Gasteiger partial charge in [-0.15, -0.1) is 11.8 Å². The van der Waals surface area contributed by atoms with Crippen LogP contribution in [-0.4, -0.2) is 16.9 Å². The van der Waals surface area contributed by atoms with Crippen LogP contribution in [0.15, 0.2) is 0 Å². The third-order valence-electron chi connectivity index (χ3n) is 3.66. The molecule has 1 unspecified atom stereocenters. The number of hydrogen-bond donors (Lipinski definition) is 1. The van der Waals surface area contributed by atoms with Gasteiger partial charge in [0.2, 0.25) is 0 Å². The third kappa shape index (κ3) is 4.46. The van der Waals surface area contributed by atoms with Crippen LogP contribution in [0.3, 0.4) is 0 Å². The van der Waals surface area contributed by atoms with Crippen LogP contribution in [0, 0.1) is 17.8 Å². The maximum Gasteiger partial charge on any atom is 0.145 e. The Bertz CT molecular complexity index is 220. The van der Waals surface area contributed by atoms with Crippen molar-refractivity contribution in [1.82, 2.24) is 0 Å². The molecule has 0 aromatic carbocycles. The van der Waals surface area contributed by atoms with E-state index >= 15 is 0 Å². The molecule has 3 heteroatoms. The Morgan fingerprint density at radius 2 is 1.81 bits per heavy atom. The average Bonchev–Trinajstić information content (AvgIpc) is 2.26. The van der Waals surface area contributed by atoms with E-state index in [9.17, 15) is 4.79 Å². The lowest BCUT2D eigenvalue weighted by molar-refractivity contribution is -0.121. The number of thioether (sulfide) groups is 1. The summed E-state index contributed by atoms with van der Waals surface area (Å²) in [5.74, 6) is 2.96. The van der Waals surface area contributed by atoms with Crippen molar-refractivity contribution in [1.29, 1.82) is 0 Å². The highest BCUT2D eigenvalue weighted by Crippen LogP contribution is 2.34. The van der Waals surface area contributed by atoms with Gasteiger partial charge in [-0.3, -0.25) is 4.79 Å². The predicted octanol–water partition coefficient (Wildman–Crippen LogP) is 3.06. The molecule has 1 aliphatic rings. The third-order valence-corrected chi connectivity index (χ3v) is 4.64. The first-order chi connectivity index (χ1) is 7.50. The van der Waals surface area contributed by atoms with Gasteiger partial charge in [0.15, 0.2) is 0 Å². The standard InChI is InChI=1S/C13H25NOS/c1-9(2)11-4-6-12(7-5-11)13(15)8-16-10(3)14/h9-12H,4-8,14H2,1-3H3. The molecule has 0 spiro atoms. The Labute approximate surface area is 104 Å². The van der Waals surface area contributed by atoms with Crippen molar-refractivity contribution >= 4 is 17.5 Å². The Morgan fingerprint density at radius 3 is 2.25 bits per heavy atom. The number of rotatable bonds is 5. The molecule has 2 N–H and O–H groups in total. The normalized spacial score (nSPS) is 28.1. The summed E-state index contributed by atoms with van der Waals surface area (Å²) in [4.78, 5) is 11.9. The topological polar surface area (TPSA) is 43.1 Å². The number of Topliss-reactive ketones (excluding diaryl/α,β-unsaturated/α-hetero) is 1. The maximum atomic E-state index is 11.9. The van der Waals surface area contributed by atoms with E-state index in [4.69, 9.17) is 5.73 Å². The van der Waals surface area contributed by atoms with Crippen molar-refractivity contribution < 1.29 is 4.79 Å². The van der Waals surface area contributed by atoms with Gasteiger partial charge >= 0.3 is 0 Å². The van der Waals surface area contributed by atoms with E-state index in [0.717, 1.165) is 24.7 Å². The van der Waals surface area contributed by atoms with Crippen LogP contribution in [0.25, 0.3) is 0 Å². The molecule has 0 amide bonds. The lowest BCUT2D eigenvalue weighted by Crippen LogP contribution is -2.26. The fourth-order valence-electron chi connectivity index (χ4n) is 2.44. The second-order valence-corrected chi connectivity index (χ2v) is 6.70. The summed E-state index contributed by atoms with van der Waals surface area (Å²) in [5, 5.41) is 0.0796. The minimum Gasteiger partial charge on any atom is -0.320 e. The number of carbonyl (C=O) groups excluding carboxylic acids is 1. The van der Waals surface area contributed by atoms with E-state index in [0.29, 0.717) is 17.5 Å². The van der Waals surface area contributed by atoms with Crippen LogP contribution in [0.2, 0.25) is 0 Å². The quantitative estimate of drug-likeness (QED) is 0.755. The molecule has 0 bridgehead atoms. The minimum absolute atomic E-state index is 0.0796. The fourth-order valence-corrected chi connectivity index (χ4v) is 3.10. The highest BCUT2D eigenvalue weighted by atomic mass is 32.2. The largest absolute Gasteiger partial charge is 0.320 e. The summed E-state index contributed by atoms with van der Waals surface area (Å²) in [6, 6.07) is 0. The number of carbonyl (C=O) groups is 1. The molecule has 0 heterocycles. The molecule has 16 heavy (non-hydrogen) atoms. The molecule has 1 atom stereocenters. The van der Waals surface area contributed by atoms with Crippen molar-refractivity contribution in [2.75, 3.05) is 5.75 Å². The van der Waals surface area contributed by atoms with Gasteiger partial charge in [0.1, 0.15) is 5.78 Å². The molecule has 1 fully saturated rings. The molecular weight excluding hydrogens is 218 g/mol. The molecule has 1 aliphatic carbocycles. The van der Waals surface area contributed by atoms with Crippen molar-refractivity contribution in [2.45, 2.75) is 51.8 Å². The zero-order valence-electron chi connectivity index (χ0n) is 10.7. The zero-order valence-corrected chi connectivity index (χ0v) is 11.6. The molecular formula is C13H25NOS. The van der Waals surface area contributed by atoms with Gasteiger partial charge in [-0.1, -0.05) is 13.8 Å². The summed E-state index contributed by atoms with van der Waals surface area (Å²) in [6.45, 7) is 6.52. The maximum absolute atomic E-state index is 11.9. The molecule has 0 aromatic rings.